The van der Waals surface area contributed by atoms with Crippen LogP contribution < -0.4 is 11.3 Å². The molecule has 2 heterocycles. The molecule has 1 saturated heterocycles. The lowest BCUT2D eigenvalue weighted by Crippen LogP contribution is -2.41. The average Bonchev–Trinajstić information content (AvgIpc) is 2.81. The first-order valence-corrected chi connectivity index (χ1v) is 7.76. The molecule has 1 aliphatic rings. The lowest BCUT2D eigenvalue weighted by Gasteiger charge is -2.28. The Balaban J connectivity index is 2.52. The molecule has 4 heteroatoms. The number of nitrogens with two attached hydrogens (primary N) is 1. The van der Waals surface area contributed by atoms with Crippen LogP contribution in [0.4, 0.5) is 0 Å². The Morgan fingerprint density at radius 2 is 1.95 bits per heavy atom. The summed E-state index contributed by atoms with van der Waals surface area (Å²) in [7, 11) is 0. The van der Waals surface area contributed by atoms with E-state index in [0.717, 1.165) is 25.1 Å². The fourth-order valence-electron chi connectivity index (χ4n) is 2.90. The SMILES string of the molecule is CC(C)(C)c1ccc(C(C)(C)N)c(=O)n1CC1CCCO1. The number of hydrogen-bond donors (Lipinski definition) is 1. The van der Waals surface area contributed by atoms with Crippen LogP contribution in [0.3, 0.4) is 0 Å². The van der Waals surface area contributed by atoms with E-state index in [1.54, 1.807) is 0 Å². The molecule has 0 saturated carbocycles. The van der Waals surface area contributed by atoms with Crippen molar-refractivity contribution in [3.8, 4) is 0 Å². The van der Waals surface area contributed by atoms with E-state index in [1.165, 1.54) is 0 Å². The second-order valence-electron chi connectivity index (χ2n) is 7.65. The number of aromatic nitrogens is 1. The molecule has 0 bridgehead atoms. The maximum atomic E-state index is 12.9. The van der Waals surface area contributed by atoms with E-state index in [1.807, 2.05) is 30.5 Å². The average molecular weight is 292 g/mol. The zero-order valence-electron chi connectivity index (χ0n) is 13.9. The van der Waals surface area contributed by atoms with E-state index >= 15 is 0 Å². The van der Waals surface area contributed by atoms with Gasteiger partial charge in [0.25, 0.3) is 5.56 Å². The van der Waals surface area contributed by atoms with E-state index in [0.29, 0.717) is 12.1 Å². The fourth-order valence-corrected chi connectivity index (χ4v) is 2.90. The van der Waals surface area contributed by atoms with Crippen molar-refractivity contribution in [3.63, 3.8) is 0 Å². The molecule has 118 valence electrons. The van der Waals surface area contributed by atoms with E-state index in [4.69, 9.17) is 10.5 Å². The highest BCUT2D eigenvalue weighted by atomic mass is 16.5. The van der Waals surface area contributed by atoms with Crippen molar-refractivity contribution < 1.29 is 4.74 Å². The van der Waals surface area contributed by atoms with Crippen molar-refractivity contribution >= 4 is 0 Å². The van der Waals surface area contributed by atoms with Gasteiger partial charge in [0.1, 0.15) is 0 Å². The van der Waals surface area contributed by atoms with Crippen molar-refractivity contribution in [3.05, 3.63) is 33.7 Å². The summed E-state index contributed by atoms with van der Waals surface area (Å²) in [6, 6.07) is 3.93. The fraction of sp³-hybridized carbons (Fsp3) is 0.706. The molecule has 0 aliphatic carbocycles. The molecule has 1 unspecified atom stereocenters. The molecule has 1 aromatic heterocycles. The minimum atomic E-state index is -0.633. The molecule has 0 spiro atoms. The maximum absolute atomic E-state index is 12.9. The molecule has 1 fully saturated rings. The predicted octanol–water partition coefficient (Wildman–Crippen LogP) is 2.52. The monoisotopic (exact) mass is 292 g/mol. The third kappa shape index (κ3) is 3.55. The second-order valence-corrected chi connectivity index (χ2v) is 7.65. The van der Waals surface area contributed by atoms with E-state index in [-0.39, 0.29) is 17.1 Å². The van der Waals surface area contributed by atoms with Crippen LogP contribution in [0.2, 0.25) is 0 Å². The van der Waals surface area contributed by atoms with Gasteiger partial charge in [-0.15, -0.1) is 0 Å². The van der Waals surface area contributed by atoms with Gasteiger partial charge < -0.3 is 15.0 Å². The smallest absolute Gasteiger partial charge is 0.255 e. The first-order valence-electron chi connectivity index (χ1n) is 7.76. The number of nitrogens with zero attached hydrogens (tertiary/aromatic N) is 1. The largest absolute Gasteiger partial charge is 0.376 e. The van der Waals surface area contributed by atoms with Crippen molar-refractivity contribution in [2.45, 2.75) is 71.1 Å². The van der Waals surface area contributed by atoms with E-state index < -0.39 is 5.54 Å². The topological polar surface area (TPSA) is 57.2 Å². The highest BCUT2D eigenvalue weighted by molar-refractivity contribution is 5.26. The minimum absolute atomic E-state index is 0.0189. The van der Waals surface area contributed by atoms with Gasteiger partial charge in [0, 0.05) is 28.8 Å². The van der Waals surface area contributed by atoms with Gasteiger partial charge in [-0.05, 0) is 38.8 Å². The third-order valence-electron chi connectivity index (χ3n) is 4.05. The normalized spacial score (nSPS) is 20.0. The Bertz CT molecular complexity index is 556. The van der Waals surface area contributed by atoms with Gasteiger partial charge in [-0.2, -0.15) is 0 Å². The van der Waals surface area contributed by atoms with Crippen LogP contribution >= 0.6 is 0 Å². The summed E-state index contributed by atoms with van der Waals surface area (Å²) >= 11 is 0. The lowest BCUT2D eigenvalue weighted by atomic mass is 9.88. The van der Waals surface area contributed by atoms with Gasteiger partial charge in [-0.3, -0.25) is 4.79 Å². The van der Waals surface area contributed by atoms with Crippen LogP contribution in [0.5, 0.6) is 0 Å². The molecule has 2 rings (SSSR count). The number of ether oxygens (including phenoxy) is 1. The predicted molar refractivity (Wildman–Crippen MR) is 85.6 cm³/mol. The molecule has 2 N–H and O–H groups in total. The Morgan fingerprint density at radius 3 is 2.43 bits per heavy atom. The van der Waals surface area contributed by atoms with Crippen LogP contribution in [-0.2, 0) is 22.2 Å². The van der Waals surface area contributed by atoms with Crippen molar-refractivity contribution in [1.29, 1.82) is 0 Å². The van der Waals surface area contributed by atoms with Crippen LogP contribution in [0.25, 0.3) is 0 Å². The molecule has 0 radical (unpaired) electrons. The van der Waals surface area contributed by atoms with Gasteiger partial charge in [-0.1, -0.05) is 20.8 Å². The van der Waals surface area contributed by atoms with Gasteiger partial charge in [0.05, 0.1) is 12.6 Å². The summed E-state index contributed by atoms with van der Waals surface area (Å²) in [6.07, 6.45) is 2.23. The van der Waals surface area contributed by atoms with Gasteiger partial charge in [0.2, 0.25) is 0 Å². The summed E-state index contributed by atoms with van der Waals surface area (Å²) in [6.45, 7) is 11.5. The molecule has 0 amide bonds. The summed E-state index contributed by atoms with van der Waals surface area (Å²) in [5.41, 5.74) is 7.15. The molecule has 1 atom stereocenters. The van der Waals surface area contributed by atoms with Gasteiger partial charge in [0.15, 0.2) is 0 Å². The summed E-state index contributed by atoms with van der Waals surface area (Å²) in [5, 5.41) is 0. The van der Waals surface area contributed by atoms with Gasteiger partial charge >= 0.3 is 0 Å². The number of hydrogen-bond acceptors (Lipinski definition) is 3. The Kier molecular flexibility index (Phi) is 4.31. The van der Waals surface area contributed by atoms with E-state index in [2.05, 4.69) is 20.8 Å². The van der Waals surface area contributed by atoms with Gasteiger partial charge in [-0.25, -0.2) is 0 Å². The Morgan fingerprint density at radius 1 is 1.29 bits per heavy atom. The maximum Gasteiger partial charge on any atom is 0.255 e. The molecule has 1 aromatic rings. The first-order chi connectivity index (χ1) is 9.60. The van der Waals surface area contributed by atoms with Crippen LogP contribution in [0, 0.1) is 0 Å². The van der Waals surface area contributed by atoms with Crippen molar-refractivity contribution in [2.24, 2.45) is 5.73 Å². The zero-order chi connectivity index (χ0) is 15.8. The summed E-state index contributed by atoms with van der Waals surface area (Å²) in [4.78, 5) is 12.9. The number of rotatable bonds is 3. The minimum Gasteiger partial charge on any atom is -0.376 e. The highest BCUT2D eigenvalue weighted by Gasteiger charge is 2.27. The van der Waals surface area contributed by atoms with Crippen LogP contribution in [0.1, 0.15) is 58.7 Å². The highest BCUT2D eigenvalue weighted by Crippen LogP contribution is 2.24. The number of pyridine rings is 1. The third-order valence-corrected chi connectivity index (χ3v) is 4.05. The summed E-state index contributed by atoms with van der Waals surface area (Å²) in [5.74, 6) is 0. The van der Waals surface area contributed by atoms with E-state index in [9.17, 15) is 4.79 Å². The van der Waals surface area contributed by atoms with Crippen molar-refractivity contribution in [2.75, 3.05) is 6.61 Å². The molecule has 4 nitrogen and oxygen atoms in total. The van der Waals surface area contributed by atoms with Crippen molar-refractivity contribution in [1.82, 2.24) is 4.57 Å². The summed E-state index contributed by atoms with van der Waals surface area (Å²) < 4.78 is 7.59. The lowest BCUT2D eigenvalue weighted by molar-refractivity contribution is 0.0945. The second kappa shape index (κ2) is 5.58. The standard InChI is InChI=1S/C17H28N2O2/c1-16(2,3)14-9-8-13(17(4,5)18)15(20)19(14)11-12-7-6-10-21-12/h8-9,12H,6-7,10-11,18H2,1-5H3. The Hall–Kier alpha value is -1.13. The van der Waals surface area contributed by atoms with Crippen LogP contribution in [0.15, 0.2) is 16.9 Å². The molecular formula is C17H28N2O2. The quantitative estimate of drug-likeness (QED) is 0.931. The molecule has 1 aliphatic heterocycles. The first kappa shape index (κ1) is 16.2. The molecule has 0 aromatic carbocycles. The molecular weight excluding hydrogens is 264 g/mol. The van der Waals surface area contributed by atoms with Crippen LogP contribution in [-0.4, -0.2) is 17.3 Å². The molecule has 21 heavy (non-hydrogen) atoms. The Labute approximate surface area is 127 Å². The zero-order valence-corrected chi connectivity index (χ0v) is 13.9.